The van der Waals surface area contributed by atoms with Crippen molar-refractivity contribution in [3.63, 3.8) is 0 Å². The second kappa shape index (κ2) is 33.4. The number of hydrogen-bond donors (Lipinski definition) is 6. The first-order chi connectivity index (χ1) is 24.9. The third kappa shape index (κ3) is 29.0. The van der Waals surface area contributed by atoms with Gasteiger partial charge >= 0.3 is 19.8 Å². The molecule has 0 aliphatic rings. The number of carbonyl (C=O) groups excluding carboxylic acids is 2. The number of rotatable bonds is 37. The number of aliphatic hydroxyl groups excluding tert-OH is 5. The van der Waals surface area contributed by atoms with Crippen molar-refractivity contribution in [1.29, 1.82) is 0 Å². The average molecular weight is 758 g/mol. The largest absolute Gasteiger partial charge is 0.472 e. The van der Waals surface area contributed by atoms with Crippen LogP contribution in [0.4, 0.5) is 0 Å². The number of carbonyl (C=O) groups is 2. The standard InChI is InChI=1S/C37H73O13P/c1-3-5-7-9-11-13-14-15-16-18-19-21-23-25-34(41)47-29-31(49-35(42)26-24-22-20-17-12-10-8-6-4-2)30-48-51(45,46)50-33(28-39)37(44)36(43)32(40)27-38/h31-33,36-40,43-44H,3-30H2,1-2H3,(H,45,46)/t31-,32-,33-,36-,37-/m1/s1/i29D/t29?,31-,32-,33-,36-,37-. The zero-order valence-corrected chi connectivity index (χ0v) is 32.4. The van der Waals surface area contributed by atoms with Gasteiger partial charge in [0, 0.05) is 12.8 Å². The van der Waals surface area contributed by atoms with E-state index in [1.54, 1.807) is 0 Å². The summed E-state index contributed by atoms with van der Waals surface area (Å²) in [5, 5.41) is 48.1. The van der Waals surface area contributed by atoms with E-state index in [1.807, 2.05) is 0 Å². The minimum atomic E-state index is -5.15. The predicted molar refractivity (Wildman–Crippen MR) is 196 cm³/mol. The molecule has 0 aromatic rings. The molecule has 0 aliphatic carbocycles. The van der Waals surface area contributed by atoms with Crippen LogP contribution < -0.4 is 0 Å². The summed E-state index contributed by atoms with van der Waals surface area (Å²) in [6, 6.07) is 0. The fourth-order valence-electron chi connectivity index (χ4n) is 5.54. The van der Waals surface area contributed by atoms with Crippen molar-refractivity contribution in [3.8, 4) is 0 Å². The first-order valence-corrected chi connectivity index (χ1v) is 21.1. The lowest BCUT2D eigenvalue weighted by molar-refractivity contribution is -0.161. The van der Waals surface area contributed by atoms with Gasteiger partial charge in [-0.15, -0.1) is 0 Å². The summed E-state index contributed by atoms with van der Waals surface area (Å²) < 4.78 is 41.3. The van der Waals surface area contributed by atoms with Gasteiger partial charge < -0.3 is 39.9 Å². The molecule has 7 atom stereocenters. The fraction of sp³-hybridized carbons (Fsp3) is 0.946. The Labute approximate surface area is 308 Å². The lowest BCUT2D eigenvalue weighted by atomic mass is 10.0. The molecule has 304 valence electrons. The van der Waals surface area contributed by atoms with Gasteiger partial charge in [-0.1, -0.05) is 142 Å². The zero-order chi connectivity index (χ0) is 39.0. The van der Waals surface area contributed by atoms with Gasteiger partial charge in [0.2, 0.25) is 0 Å². The maximum absolute atomic E-state index is 12.7. The van der Waals surface area contributed by atoms with Crippen molar-refractivity contribution in [2.75, 3.05) is 26.4 Å². The minimum Gasteiger partial charge on any atom is -0.462 e. The Hall–Kier alpha value is -1.15. The highest BCUT2D eigenvalue weighted by atomic mass is 31.2. The number of phosphoric acid groups is 1. The Balaban J connectivity index is 4.94. The maximum Gasteiger partial charge on any atom is 0.472 e. The Morgan fingerprint density at radius 2 is 1.04 bits per heavy atom. The minimum absolute atomic E-state index is 0.0170. The van der Waals surface area contributed by atoms with Gasteiger partial charge in [0.15, 0.2) is 6.10 Å². The van der Waals surface area contributed by atoms with Crippen LogP contribution in [0.1, 0.15) is 169 Å². The molecule has 0 bridgehead atoms. The van der Waals surface area contributed by atoms with Gasteiger partial charge in [-0.2, -0.15) is 0 Å². The van der Waals surface area contributed by atoms with Crippen molar-refractivity contribution in [2.24, 2.45) is 0 Å². The average Bonchev–Trinajstić information content (AvgIpc) is 3.12. The van der Waals surface area contributed by atoms with Gasteiger partial charge in [-0.25, -0.2) is 4.57 Å². The molecule has 51 heavy (non-hydrogen) atoms. The number of hydrogen-bond acceptors (Lipinski definition) is 12. The Morgan fingerprint density at radius 3 is 1.45 bits per heavy atom. The molecule has 0 fully saturated rings. The molecule has 0 rings (SSSR count). The molecular formula is C37H73O13P. The third-order valence-electron chi connectivity index (χ3n) is 8.77. The van der Waals surface area contributed by atoms with Gasteiger partial charge in [-0.05, 0) is 12.8 Å². The quantitative estimate of drug-likeness (QED) is 0.0230. The second-order valence-corrected chi connectivity index (χ2v) is 15.0. The Bertz CT molecular complexity index is 915. The molecule has 0 aliphatic heterocycles. The van der Waals surface area contributed by atoms with E-state index in [1.165, 1.54) is 77.0 Å². The molecule has 0 heterocycles. The fourth-order valence-corrected chi connectivity index (χ4v) is 6.46. The first-order valence-electron chi connectivity index (χ1n) is 20.2. The summed E-state index contributed by atoms with van der Waals surface area (Å²) in [6.07, 6.45) is 14.7. The summed E-state index contributed by atoms with van der Waals surface area (Å²) >= 11 is 0. The molecule has 0 radical (unpaired) electrons. The molecule has 0 aromatic heterocycles. The molecular weight excluding hydrogens is 683 g/mol. The lowest BCUT2D eigenvalue weighted by Gasteiger charge is -2.28. The SMILES string of the molecule is [2H]C(OC(=O)CCCCCCCCCCCCCCC)[C@H](COP(=O)(O)O[C@H](CO)[C@@H](O)[C@H](O)[C@H](O)CO)OC(=O)CCCCCCCCCCC. The molecule has 0 saturated carbocycles. The van der Waals surface area contributed by atoms with E-state index in [4.69, 9.17) is 25.0 Å². The monoisotopic (exact) mass is 757 g/mol. The van der Waals surface area contributed by atoms with Crippen LogP contribution in [0.25, 0.3) is 0 Å². The third-order valence-corrected chi connectivity index (χ3v) is 9.78. The molecule has 13 nitrogen and oxygen atoms in total. The van der Waals surface area contributed by atoms with Crippen LogP contribution in [0.3, 0.4) is 0 Å². The van der Waals surface area contributed by atoms with Gasteiger partial charge in [0.25, 0.3) is 0 Å². The van der Waals surface area contributed by atoms with Gasteiger partial charge in [-0.3, -0.25) is 18.6 Å². The zero-order valence-electron chi connectivity index (χ0n) is 32.5. The van der Waals surface area contributed by atoms with Crippen LogP contribution in [-0.4, -0.2) is 99.3 Å². The number of esters is 2. The van der Waals surface area contributed by atoms with Crippen molar-refractivity contribution in [1.82, 2.24) is 0 Å². The van der Waals surface area contributed by atoms with Crippen molar-refractivity contribution in [2.45, 2.75) is 198 Å². The van der Waals surface area contributed by atoms with Gasteiger partial charge in [0.05, 0.1) is 21.2 Å². The summed E-state index contributed by atoms with van der Waals surface area (Å²) in [7, 11) is -5.15. The van der Waals surface area contributed by atoms with E-state index >= 15 is 0 Å². The van der Waals surface area contributed by atoms with Crippen LogP contribution in [-0.2, 0) is 32.7 Å². The number of ether oxygens (including phenoxy) is 2. The highest BCUT2D eigenvalue weighted by Crippen LogP contribution is 2.45. The van der Waals surface area contributed by atoms with E-state index in [2.05, 4.69) is 13.8 Å². The summed E-state index contributed by atoms with van der Waals surface area (Å²) in [4.78, 5) is 35.5. The topological polar surface area (TPSA) is 210 Å². The number of aliphatic hydroxyl groups is 5. The molecule has 0 spiro atoms. The second-order valence-electron chi connectivity index (χ2n) is 13.5. The number of unbranched alkanes of at least 4 members (excludes halogenated alkanes) is 20. The lowest BCUT2D eigenvalue weighted by Crippen LogP contribution is -2.47. The molecule has 2 unspecified atom stereocenters. The van der Waals surface area contributed by atoms with Crippen molar-refractivity contribution < 1.29 is 64.5 Å². The predicted octanol–water partition coefficient (Wildman–Crippen LogP) is 6.41. The van der Waals surface area contributed by atoms with E-state index in [0.29, 0.717) is 12.8 Å². The highest BCUT2D eigenvalue weighted by molar-refractivity contribution is 7.47. The summed E-state index contributed by atoms with van der Waals surface area (Å²) in [5.41, 5.74) is 0. The van der Waals surface area contributed by atoms with Crippen molar-refractivity contribution in [3.05, 3.63) is 0 Å². The van der Waals surface area contributed by atoms with Crippen LogP contribution in [0, 0.1) is 0 Å². The molecule has 0 aromatic carbocycles. The van der Waals surface area contributed by atoms with Crippen LogP contribution >= 0.6 is 7.82 Å². The van der Waals surface area contributed by atoms with Crippen LogP contribution in [0.5, 0.6) is 0 Å². The molecule has 0 amide bonds. The molecule has 14 heteroatoms. The molecule has 6 N–H and O–H groups in total. The smallest absolute Gasteiger partial charge is 0.462 e. The first kappa shape index (κ1) is 47.9. The van der Waals surface area contributed by atoms with Crippen LogP contribution in [0.2, 0.25) is 0 Å². The molecule has 0 saturated heterocycles. The summed E-state index contributed by atoms with van der Waals surface area (Å²) in [5.74, 6) is -1.40. The van der Waals surface area contributed by atoms with Crippen molar-refractivity contribution >= 4 is 19.8 Å². The Kier molecular flexibility index (Phi) is 31.4. The van der Waals surface area contributed by atoms with E-state index in [0.717, 1.165) is 51.4 Å². The maximum atomic E-state index is 12.7. The highest BCUT2D eigenvalue weighted by Gasteiger charge is 2.37. The number of phosphoric ester groups is 1. The van der Waals surface area contributed by atoms with E-state index in [9.17, 15) is 39.5 Å². The van der Waals surface area contributed by atoms with E-state index in [-0.39, 0.29) is 12.8 Å². The Morgan fingerprint density at radius 1 is 0.627 bits per heavy atom. The summed E-state index contributed by atoms with van der Waals surface area (Å²) in [6.45, 7) is -0.345. The normalized spacial score (nSPS) is 16.7. The van der Waals surface area contributed by atoms with E-state index < -0.39 is 76.7 Å². The van der Waals surface area contributed by atoms with Crippen LogP contribution in [0.15, 0.2) is 0 Å². The van der Waals surface area contributed by atoms with Gasteiger partial charge in [0.1, 0.15) is 31.0 Å².